The largest absolute Gasteiger partial charge is 0.360 e. The van der Waals surface area contributed by atoms with Crippen molar-refractivity contribution in [2.24, 2.45) is 0 Å². The molecule has 0 aliphatic heterocycles. The van der Waals surface area contributed by atoms with Gasteiger partial charge < -0.3 is 14.7 Å². The van der Waals surface area contributed by atoms with Crippen LogP contribution in [-0.4, -0.2) is 28.1 Å². The Labute approximate surface area is 139 Å². The summed E-state index contributed by atoms with van der Waals surface area (Å²) in [6, 6.07) is 13.2. The average molecular weight is 323 g/mol. The van der Waals surface area contributed by atoms with Gasteiger partial charge in [0, 0.05) is 25.9 Å². The van der Waals surface area contributed by atoms with Crippen molar-refractivity contribution in [3.8, 4) is 0 Å². The van der Waals surface area contributed by atoms with Crippen molar-refractivity contribution >= 4 is 17.7 Å². The molecule has 2 heterocycles. The first-order chi connectivity index (χ1) is 11.6. The zero-order valence-corrected chi connectivity index (χ0v) is 13.4. The van der Waals surface area contributed by atoms with Crippen LogP contribution in [0.3, 0.4) is 0 Å². The van der Waals surface area contributed by atoms with E-state index in [4.69, 9.17) is 4.52 Å². The van der Waals surface area contributed by atoms with Crippen LogP contribution in [0.5, 0.6) is 0 Å². The second-order valence-corrected chi connectivity index (χ2v) is 5.36. The SMILES string of the molecule is Cc1cc(NC(=O)c2ccnc(N(C)Cc3ccccc3)n2)no1. The highest BCUT2D eigenvalue weighted by atomic mass is 16.5. The molecule has 0 bridgehead atoms. The fourth-order valence-electron chi connectivity index (χ4n) is 2.19. The van der Waals surface area contributed by atoms with Gasteiger partial charge in [-0.15, -0.1) is 0 Å². The van der Waals surface area contributed by atoms with E-state index in [2.05, 4.69) is 20.4 Å². The predicted octanol–water partition coefficient (Wildman–Crippen LogP) is 2.66. The molecule has 0 radical (unpaired) electrons. The lowest BCUT2D eigenvalue weighted by molar-refractivity contribution is 0.102. The third-order valence-electron chi connectivity index (χ3n) is 3.35. The summed E-state index contributed by atoms with van der Waals surface area (Å²) in [6.07, 6.45) is 1.56. The lowest BCUT2D eigenvalue weighted by Crippen LogP contribution is -2.21. The summed E-state index contributed by atoms with van der Waals surface area (Å²) in [6.45, 7) is 2.40. The molecular formula is C17H17N5O2. The van der Waals surface area contributed by atoms with E-state index >= 15 is 0 Å². The predicted molar refractivity (Wildman–Crippen MR) is 89.8 cm³/mol. The first-order valence-electron chi connectivity index (χ1n) is 7.44. The number of aromatic nitrogens is 3. The van der Waals surface area contributed by atoms with Gasteiger partial charge in [0.2, 0.25) is 5.95 Å². The Morgan fingerprint density at radius 3 is 2.75 bits per heavy atom. The second kappa shape index (κ2) is 6.91. The lowest BCUT2D eigenvalue weighted by Gasteiger charge is -2.17. The summed E-state index contributed by atoms with van der Waals surface area (Å²) >= 11 is 0. The monoisotopic (exact) mass is 323 g/mol. The van der Waals surface area contributed by atoms with E-state index in [0.29, 0.717) is 24.1 Å². The van der Waals surface area contributed by atoms with Crippen LogP contribution in [0.2, 0.25) is 0 Å². The summed E-state index contributed by atoms with van der Waals surface area (Å²) in [7, 11) is 1.88. The number of nitrogens with zero attached hydrogens (tertiary/aromatic N) is 4. The Bertz CT molecular complexity index is 832. The first-order valence-corrected chi connectivity index (χ1v) is 7.44. The third-order valence-corrected chi connectivity index (χ3v) is 3.35. The summed E-state index contributed by atoms with van der Waals surface area (Å²) in [5.41, 5.74) is 1.40. The molecule has 3 rings (SSSR count). The number of amides is 1. The van der Waals surface area contributed by atoms with E-state index < -0.39 is 0 Å². The summed E-state index contributed by atoms with van der Waals surface area (Å²) in [4.78, 5) is 22.7. The van der Waals surface area contributed by atoms with Gasteiger partial charge in [0.15, 0.2) is 5.82 Å². The van der Waals surface area contributed by atoms with Crippen molar-refractivity contribution in [3.63, 3.8) is 0 Å². The molecule has 0 fully saturated rings. The quantitative estimate of drug-likeness (QED) is 0.777. The van der Waals surface area contributed by atoms with E-state index in [9.17, 15) is 4.79 Å². The average Bonchev–Trinajstić information content (AvgIpc) is 3.00. The van der Waals surface area contributed by atoms with E-state index in [1.54, 1.807) is 25.3 Å². The van der Waals surface area contributed by atoms with Gasteiger partial charge >= 0.3 is 0 Å². The number of hydrogen-bond donors (Lipinski definition) is 1. The number of aryl methyl sites for hydroxylation is 1. The van der Waals surface area contributed by atoms with Crippen molar-refractivity contribution in [1.82, 2.24) is 15.1 Å². The van der Waals surface area contributed by atoms with Crippen LogP contribution >= 0.6 is 0 Å². The molecule has 0 unspecified atom stereocenters. The van der Waals surface area contributed by atoms with Crippen molar-refractivity contribution in [2.45, 2.75) is 13.5 Å². The van der Waals surface area contributed by atoms with E-state index in [1.165, 1.54) is 0 Å². The zero-order chi connectivity index (χ0) is 16.9. The van der Waals surface area contributed by atoms with Gasteiger partial charge in [-0.3, -0.25) is 4.79 Å². The maximum atomic E-state index is 12.3. The summed E-state index contributed by atoms with van der Waals surface area (Å²) in [5.74, 6) is 1.09. The Hall–Kier alpha value is -3.22. The zero-order valence-electron chi connectivity index (χ0n) is 13.4. The fourth-order valence-corrected chi connectivity index (χ4v) is 2.19. The number of benzene rings is 1. The van der Waals surface area contributed by atoms with E-state index in [0.717, 1.165) is 5.56 Å². The minimum atomic E-state index is -0.361. The number of rotatable bonds is 5. The molecule has 0 aliphatic carbocycles. The van der Waals surface area contributed by atoms with Crippen LogP contribution in [0.4, 0.5) is 11.8 Å². The molecule has 122 valence electrons. The fraction of sp³-hybridized carbons (Fsp3) is 0.176. The Morgan fingerprint density at radius 2 is 2.04 bits per heavy atom. The minimum absolute atomic E-state index is 0.264. The van der Waals surface area contributed by atoms with Crippen molar-refractivity contribution < 1.29 is 9.32 Å². The van der Waals surface area contributed by atoms with Crippen LogP contribution in [0, 0.1) is 6.92 Å². The van der Waals surface area contributed by atoms with Gasteiger partial charge in [-0.05, 0) is 18.6 Å². The van der Waals surface area contributed by atoms with Crippen molar-refractivity contribution in [2.75, 3.05) is 17.3 Å². The molecule has 7 heteroatoms. The first kappa shape index (κ1) is 15.7. The molecule has 1 aromatic carbocycles. The Kier molecular flexibility index (Phi) is 4.51. The molecule has 0 saturated heterocycles. The molecule has 2 aromatic heterocycles. The molecule has 0 spiro atoms. The van der Waals surface area contributed by atoms with Crippen LogP contribution in [0.15, 0.2) is 53.2 Å². The van der Waals surface area contributed by atoms with Gasteiger partial charge in [-0.2, -0.15) is 0 Å². The van der Waals surface area contributed by atoms with Crippen molar-refractivity contribution in [1.29, 1.82) is 0 Å². The molecular weight excluding hydrogens is 306 g/mol. The molecule has 0 aliphatic rings. The van der Waals surface area contributed by atoms with Crippen LogP contribution in [-0.2, 0) is 6.54 Å². The topological polar surface area (TPSA) is 84.2 Å². The summed E-state index contributed by atoms with van der Waals surface area (Å²) in [5, 5.41) is 6.38. The van der Waals surface area contributed by atoms with Crippen LogP contribution in [0.25, 0.3) is 0 Å². The smallest absolute Gasteiger partial charge is 0.275 e. The van der Waals surface area contributed by atoms with Gasteiger partial charge in [0.1, 0.15) is 11.5 Å². The van der Waals surface area contributed by atoms with E-state index in [-0.39, 0.29) is 11.6 Å². The van der Waals surface area contributed by atoms with Crippen LogP contribution < -0.4 is 10.2 Å². The summed E-state index contributed by atoms with van der Waals surface area (Å²) < 4.78 is 4.92. The number of anilines is 2. The number of hydrogen-bond acceptors (Lipinski definition) is 6. The molecule has 1 amide bonds. The Balaban J connectivity index is 1.72. The molecule has 7 nitrogen and oxygen atoms in total. The molecule has 1 N–H and O–H groups in total. The second-order valence-electron chi connectivity index (χ2n) is 5.36. The Morgan fingerprint density at radius 1 is 1.25 bits per heavy atom. The van der Waals surface area contributed by atoms with E-state index in [1.807, 2.05) is 42.3 Å². The molecule has 3 aromatic rings. The lowest BCUT2D eigenvalue weighted by atomic mass is 10.2. The maximum absolute atomic E-state index is 12.3. The third kappa shape index (κ3) is 3.75. The van der Waals surface area contributed by atoms with Gasteiger partial charge in [-0.25, -0.2) is 9.97 Å². The highest BCUT2D eigenvalue weighted by molar-refractivity contribution is 6.02. The van der Waals surface area contributed by atoms with Crippen LogP contribution in [0.1, 0.15) is 21.8 Å². The van der Waals surface area contributed by atoms with Crippen molar-refractivity contribution in [3.05, 3.63) is 65.7 Å². The molecule has 0 atom stereocenters. The standard InChI is InChI=1S/C17H17N5O2/c1-12-10-15(21-24-12)20-16(23)14-8-9-18-17(19-14)22(2)11-13-6-4-3-5-7-13/h3-10H,11H2,1-2H3,(H,20,21,23). The minimum Gasteiger partial charge on any atom is -0.360 e. The number of carbonyl (C=O) groups excluding carboxylic acids is 1. The highest BCUT2D eigenvalue weighted by Crippen LogP contribution is 2.12. The normalized spacial score (nSPS) is 10.4. The number of carbonyl (C=O) groups is 1. The number of nitrogens with one attached hydrogen (secondary N) is 1. The molecule has 24 heavy (non-hydrogen) atoms. The maximum Gasteiger partial charge on any atom is 0.275 e. The van der Waals surface area contributed by atoms with Gasteiger partial charge in [0.25, 0.3) is 5.91 Å². The highest BCUT2D eigenvalue weighted by Gasteiger charge is 2.13. The molecule has 0 saturated carbocycles. The van der Waals surface area contributed by atoms with Gasteiger partial charge in [0.05, 0.1) is 0 Å². The van der Waals surface area contributed by atoms with Gasteiger partial charge in [-0.1, -0.05) is 35.5 Å².